The Morgan fingerprint density at radius 3 is 2.07 bits per heavy atom. The molecule has 384 valence electrons. The Bertz CT molecular complexity index is 3390. The molecule has 2 aliphatic rings. The van der Waals surface area contributed by atoms with Gasteiger partial charge in [0.05, 0.1) is 55.4 Å². The van der Waals surface area contributed by atoms with Gasteiger partial charge in [-0.15, -0.1) is 0 Å². The third-order valence-electron chi connectivity index (χ3n) is 11.7. The molecule has 23 heteroatoms. The van der Waals surface area contributed by atoms with Gasteiger partial charge in [0, 0.05) is 17.5 Å². The van der Waals surface area contributed by atoms with Gasteiger partial charge in [-0.3, -0.25) is 13.4 Å². The van der Waals surface area contributed by atoms with Crippen molar-refractivity contribution in [1.29, 1.82) is 0 Å². The lowest BCUT2D eigenvalue weighted by Crippen LogP contribution is -2.43. The van der Waals surface area contributed by atoms with E-state index in [0.29, 0.717) is 33.6 Å². The van der Waals surface area contributed by atoms with E-state index < -0.39 is 138 Å². The number of hydrogen-bond donors (Lipinski definition) is 1. The summed E-state index contributed by atoms with van der Waals surface area (Å²) >= 11 is 12.5. The van der Waals surface area contributed by atoms with Crippen molar-refractivity contribution < 1.29 is 76.1 Å². The van der Waals surface area contributed by atoms with E-state index in [1.807, 2.05) is 0 Å². The average Bonchev–Trinajstić information content (AvgIpc) is 3.31. The zero-order chi connectivity index (χ0) is 52.9. The maximum Gasteiger partial charge on any atom is 0.417 e. The Hall–Kier alpha value is -6.55. The van der Waals surface area contributed by atoms with Crippen molar-refractivity contribution in [2.45, 2.75) is 67.6 Å². The van der Waals surface area contributed by atoms with Gasteiger partial charge >= 0.3 is 18.3 Å². The number of fused-ring (bicyclic) bond motifs is 2. The number of nitrogens with zero attached hydrogens (tertiary/aromatic N) is 2. The first-order chi connectivity index (χ1) is 34.2. The van der Waals surface area contributed by atoms with Gasteiger partial charge in [-0.1, -0.05) is 59.6 Å². The molecule has 0 aliphatic carbocycles. The van der Waals surface area contributed by atoms with Gasteiger partial charge in [0.2, 0.25) is 0 Å². The standard InChI is InChI=1S/C50H38Cl2F8N2O9S2/c1-27(46-38(51)8-4-10-40(46)53)18-29-12-16-44-42(20-29)62(25-32(71-44)13-17-45(63)64)73(67,68)34-14-15-35(37(23-34)50(58,59)60)36-19-30(26-69-48-39(52)9-5-11-41(48)54)21-43-47(36)70-28(2)24-61(43)72(65,66)33-7-3-6-31(22-33)49(55,56)57/h3-12,14-16,18-23,28,32H,13,17,24-26H2,1-2H3,(H,63,64). The minimum absolute atomic E-state index is 0.0508. The SMILES string of the molecule is CC(=Cc1ccc2c(c1)N(S(=O)(=O)c1ccc(-c3cc(COc4c(F)cccc4Cl)cc4c3OC(C)CN4S(=O)(=O)c3cccc(C(F)(F)F)c3)c(C(F)(F)F)c1)CC(CCC(=O)O)O2)c1c(F)cccc1Cl. The second-order valence-electron chi connectivity index (χ2n) is 16.9. The maximum atomic E-state index is 15.6. The highest BCUT2D eigenvalue weighted by molar-refractivity contribution is 7.93. The van der Waals surface area contributed by atoms with Crippen LogP contribution < -0.4 is 22.8 Å². The molecule has 8 rings (SSSR count). The smallest absolute Gasteiger partial charge is 0.417 e. The number of anilines is 2. The van der Waals surface area contributed by atoms with Crippen LogP contribution in [0.15, 0.2) is 119 Å². The summed E-state index contributed by atoms with van der Waals surface area (Å²) in [7, 11) is -10.0. The molecule has 0 amide bonds. The molecule has 2 unspecified atom stereocenters. The van der Waals surface area contributed by atoms with Crippen molar-refractivity contribution in [1.82, 2.24) is 0 Å². The second kappa shape index (κ2) is 20.0. The van der Waals surface area contributed by atoms with Crippen molar-refractivity contribution in [3.63, 3.8) is 0 Å². The van der Waals surface area contributed by atoms with Crippen LogP contribution in [0.1, 0.15) is 54.5 Å². The van der Waals surface area contributed by atoms with Crippen LogP contribution in [0.3, 0.4) is 0 Å². The summed E-state index contributed by atoms with van der Waals surface area (Å²) in [5, 5.41) is 9.31. The van der Waals surface area contributed by atoms with Gasteiger partial charge in [-0.05, 0) is 121 Å². The monoisotopic (exact) mass is 1100 g/mol. The van der Waals surface area contributed by atoms with Crippen molar-refractivity contribution in [2.24, 2.45) is 0 Å². The lowest BCUT2D eigenvalue weighted by molar-refractivity contribution is -0.138. The van der Waals surface area contributed by atoms with Crippen molar-refractivity contribution in [2.75, 3.05) is 21.7 Å². The number of carbonyl (C=O) groups is 1. The Morgan fingerprint density at radius 2 is 1.41 bits per heavy atom. The number of alkyl halides is 6. The van der Waals surface area contributed by atoms with Gasteiger partial charge in [-0.25, -0.2) is 25.6 Å². The molecule has 2 aliphatic heterocycles. The summed E-state index contributed by atoms with van der Waals surface area (Å²) in [6.45, 7) is 1.11. The second-order valence-corrected chi connectivity index (χ2v) is 21.4. The molecule has 0 saturated carbocycles. The van der Waals surface area contributed by atoms with Crippen molar-refractivity contribution in [3.8, 4) is 28.4 Å². The molecule has 0 aromatic heterocycles. The normalized spacial score (nSPS) is 16.3. The molecule has 73 heavy (non-hydrogen) atoms. The summed E-state index contributed by atoms with van der Waals surface area (Å²) in [5.74, 6) is -3.87. The molecular formula is C50H38Cl2F8N2O9S2. The summed E-state index contributed by atoms with van der Waals surface area (Å²) in [6.07, 6.45) is -11.8. The molecule has 1 N–H and O–H groups in total. The Balaban J connectivity index is 1.28. The van der Waals surface area contributed by atoms with Gasteiger partial charge < -0.3 is 19.3 Å². The highest BCUT2D eigenvalue weighted by Gasteiger charge is 2.42. The van der Waals surface area contributed by atoms with Gasteiger partial charge in [0.1, 0.15) is 30.4 Å². The largest absolute Gasteiger partial charge is 0.486 e. The van der Waals surface area contributed by atoms with Crippen LogP contribution in [0.4, 0.5) is 46.5 Å². The number of hydrogen-bond acceptors (Lipinski definition) is 8. The Labute approximate surface area is 422 Å². The van der Waals surface area contributed by atoms with Gasteiger partial charge in [-0.2, -0.15) is 26.3 Å². The molecule has 0 radical (unpaired) electrons. The fraction of sp³-hybridized carbons (Fsp3) is 0.220. The van der Waals surface area contributed by atoms with Crippen LogP contribution in [0.2, 0.25) is 10.0 Å². The van der Waals surface area contributed by atoms with Crippen molar-refractivity contribution >= 4 is 72.2 Å². The third kappa shape index (κ3) is 10.9. The number of carboxylic acids is 1. The summed E-state index contributed by atoms with van der Waals surface area (Å²) < 4.78 is 196. The fourth-order valence-corrected chi connectivity index (χ4v) is 12.0. The molecule has 0 spiro atoms. The minimum atomic E-state index is -5.37. The molecule has 2 atom stereocenters. The van der Waals surface area contributed by atoms with Gasteiger partial charge in [0.15, 0.2) is 17.3 Å². The maximum absolute atomic E-state index is 15.6. The molecule has 6 aromatic rings. The topological polar surface area (TPSA) is 140 Å². The zero-order valence-electron chi connectivity index (χ0n) is 37.9. The van der Waals surface area contributed by atoms with Crippen LogP contribution in [0.5, 0.6) is 17.2 Å². The number of rotatable bonds is 13. The zero-order valence-corrected chi connectivity index (χ0v) is 41.0. The summed E-state index contributed by atoms with van der Waals surface area (Å²) in [6, 6.07) is 18.9. The number of aliphatic carboxylic acids is 1. The quantitative estimate of drug-likeness (QED) is 0.0884. The number of ether oxygens (including phenoxy) is 3. The molecule has 0 fully saturated rings. The number of sulfonamides is 2. The summed E-state index contributed by atoms with van der Waals surface area (Å²) in [5.41, 5.74) is -4.18. The van der Waals surface area contributed by atoms with E-state index >= 15 is 13.2 Å². The molecule has 2 heterocycles. The highest BCUT2D eigenvalue weighted by atomic mass is 35.5. The van der Waals surface area contributed by atoms with E-state index in [1.54, 1.807) is 6.92 Å². The molecule has 0 saturated heterocycles. The predicted octanol–water partition coefficient (Wildman–Crippen LogP) is 12.9. The Kier molecular flexibility index (Phi) is 14.5. The van der Waals surface area contributed by atoms with Crippen LogP contribution in [0.25, 0.3) is 22.8 Å². The van der Waals surface area contributed by atoms with Crippen LogP contribution in [-0.4, -0.2) is 53.2 Å². The first-order valence-electron chi connectivity index (χ1n) is 21.7. The number of carboxylic acid groups (broad SMARTS) is 1. The van der Waals surface area contributed by atoms with E-state index in [2.05, 4.69) is 0 Å². The number of halogens is 10. The van der Waals surface area contributed by atoms with Gasteiger partial charge in [0.25, 0.3) is 20.0 Å². The lowest BCUT2D eigenvalue weighted by Gasteiger charge is -2.36. The van der Waals surface area contributed by atoms with E-state index in [4.69, 9.17) is 37.4 Å². The van der Waals surface area contributed by atoms with E-state index in [1.165, 1.54) is 61.5 Å². The highest BCUT2D eigenvalue weighted by Crippen LogP contribution is 2.50. The number of allylic oxidation sites excluding steroid dienone is 1. The third-order valence-corrected chi connectivity index (χ3v) is 15.9. The minimum Gasteiger partial charge on any atom is -0.486 e. The molecule has 11 nitrogen and oxygen atoms in total. The molecule has 6 aromatic carbocycles. The fourth-order valence-electron chi connectivity index (χ4n) is 8.36. The van der Waals surface area contributed by atoms with Crippen molar-refractivity contribution in [3.05, 3.63) is 159 Å². The van der Waals surface area contributed by atoms with Crippen LogP contribution in [-0.2, 0) is 43.8 Å². The van der Waals surface area contributed by atoms with E-state index in [9.17, 15) is 48.7 Å². The molecule has 0 bridgehead atoms. The Morgan fingerprint density at radius 1 is 0.753 bits per heavy atom. The number of benzene rings is 6. The average molecular weight is 1100 g/mol. The van der Waals surface area contributed by atoms with Crippen LogP contribution >= 0.6 is 23.2 Å². The summed E-state index contributed by atoms with van der Waals surface area (Å²) in [4.78, 5) is 9.84. The molecular weight excluding hydrogens is 1060 g/mol. The number of para-hydroxylation sites is 1. The first kappa shape index (κ1) is 52.8. The predicted molar refractivity (Wildman–Crippen MR) is 256 cm³/mol. The van der Waals surface area contributed by atoms with E-state index in [0.717, 1.165) is 46.8 Å². The van der Waals surface area contributed by atoms with E-state index in [-0.39, 0.29) is 39.0 Å². The van der Waals surface area contributed by atoms with Crippen LogP contribution in [0, 0.1) is 11.6 Å². The lowest BCUT2D eigenvalue weighted by atomic mass is 9.95. The first-order valence-corrected chi connectivity index (χ1v) is 25.4.